The second kappa shape index (κ2) is 9.51. The Hall–Kier alpha value is -2.66. The van der Waals surface area contributed by atoms with Gasteiger partial charge in [-0.2, -0.15) is 0 Å². The molecule has 0 unspecified atom stereocenters. The number of carbonyl (C=O) groups excluding carboxylic acids is 3. The van der Waals surface area contributed by atoms with Crippen LogP contribution in [0.1, 0.15) is 46.3 Å². The highest BCUT2D eigenvalue weighted by Crippen LogP contribution is 2.23. The number of hydrogen-bond acceptors (Lipinski definition) is 4. The molecule has 146 valence electrons. The first-order valence-corrected chi connectivity index (χ1v) is 9.71. The van der Waals surface area contributed by atoms with Gasteiger partial charge in [0, 0.05) is 23.6 Å². The average Bonchev–Trinajstić information content (AvgIpc) is 3.16. The van der Waals surface area contributed by atoms with E-state index in [4.69, 9.17) is 16.3 Å². The van der Waals surface area contributed by atoms with Crippen LogP contribution in [0, 0.1) is 0 Å². The van der Waals surface area contributed by atoms with Gasteiger partial charge < -0.3 is 10.1 Å². The zero-order valence-electron chi connectivity index (χ0n) is 15.5. The number of amides is 1. The van der Waals surface area contributed by atoms with Crippen LogP contribution in [0.4, 0.5) is 0 Å². The van der Waals surface area contributed by atoms with Gasteiger partial charge in [-0.25, -0.2) is 0 Å². The maximum atomic E-state index is 12.3. The van der Waals surface area contributed by atoms with E-state index in [9.17, 15) is 14.4 Å². The summed E-state index contributed by atoms with van der Waals surface area (Å²) in [6.45, 7) is -0.0693. The molecule has 0 atom stereocenters. The Morgan fingerprint density at radius 3 is 2.64 bits per heavy atom. The van der Waals surface area contributed by atoms with Crippen LogP contribution in [-0.2, 0) is 33.7 Å². The summed E-state index contributed by atoms with van der Waals surface area (Å²) in [5.41, 5.74) is 4.02. The number of carbonyl (C=O) groups is 3. The molecule has 2 aromatic carbocycles. The summed E-state index contributed by atoms with van der Waals surface area (Å²) in [7, 11) is 0. The van der Waals surface area contributed by atoms with Crippen molar-refractivity contribution in [2.45, 2.75) is 38.6 Å². The molecule has 0 aliphatic heterocycles. The molecule has 0 aromatic heterocycles. The number of Topliss-reactive ketones (excluding diaryl/α,β-unsaturated/α-hetero) is 1. The number of fused-ring (bicyclic) bond motifs is 1. The zero-order chi connectivity index (χ0) is 19.9. The maximum absolute atomic E-state index is 12.3. The summed E-state index contributed by atoms with van der Waals surface area (Å²) in [4.78, 5) is 35.9. The monoisotopic (exact) mass is 399 g/mol. The van der Waals surface area contributed by atoms with Gasteiger partial charge in [0.1, 0.15) is 0 Å². The van der Waals surface area contributed by atoms with Crippen LogP contribution in [0.25, 0.3) is 0 Å². The quantitative estimate of drug-likeness (QED) is 0.543. The molecule has 0 radical (unpaired) electrons. The lowest BCUT2D eigenvalue weighted by molar-refractivity contribution is -0.148. The van der Waals surface area contributed by atoms with Crippen LogP contribution >= 0.6 is 11.6 Å². The van der Waals surface area contributed by atoms with Crippen molar-refractivity contribution in [3.63, 3.8) is 0 Å². The Kier molecular flexibility index (Phi) is 6.82. The van der Waals surface area contributed by atoms with Crippen LogP contribution in [-0.4, -0.2) is 24.3 Å². The molecule has 28 heavy (non-hydrogen) atoms. The largest absolute Gasteiger partial charge is 0.456 e. The Morgan fingerprint density at radius 2 is 1.82 bits per heavy atom. The molecule has 0 saturated carbocycles. The Balaban J connectivity index is 1.37. The third kappa shape index (κ3) is 5.67. The Morgan fingerprint density at radius 1 is 1.00 bits per heavy atom. The average molecular weight is 400 g/mol. The summed E-state index contributed by atoms with van der Waals surface area (Å²) in [6, 6.07) is 12.9. The summed E-state index contributed by atoms with van der Waals surface area (Å²) in [6.07, 6.45) is 3.22. The molecule has 0 spiro atoms. The summed E-state index contributed by atoms with van der Waals surface area (Å²) in [5, 5.41) is 3.24. The van der Waals surface area contributed by atoms with E-state index >= 15 is 0 Å². The number of benzene rings is 2. The molecule has 3 rings (SSSR count). The Bertz CT molecular complexity index is 894. The van der Waals surface area contributed by atoms with Gasteiger partial charge in [-0.1, -0.05) is 35.9 Å². The van der Waals surface area contributed by atoms with Crippen molar-refractivity contribution in [2.75, 3.05) is 6.61 Å². The van der Waals surface area contributed by atoms with Crippen molar-refractivity contribution in [1.82, 2.24) is 5.32 Å². The molecule has 1 amide bonds. The van der Waals surface area contributed by atoms with Crippen molar-refractivity contribution in [2.24, 2.45) is 0 Å². The minimum atomic E-state index is -0.563. The maximum Gasteiger partial charge on any atom is 0.306 e. The number of esters is 1. The Labute approximate surface area is 169 Å². The van der Waals surface area contributed by atoms with Crippen LogP contribution in [0.15, 0.2) is 42.5 Å². The van der Waals surface area contributed by atoms with Crippen LogP contribution in [0.3, 0.4) is 0 Å². The molecule has 2 aromatic rings. The van der Waals surface area contributed by atoms with Gasteiger partial charge in [-0.3, -0.25) is 14.4 Å². The van der Waals surface area contributed by atoms with Gasteiger partial charge in [-0.15, -0.1) is 0 Å². The fourth-order valence-electron chi connectivity index (χ4n) is 3.22. The molecular weight excluding hydrogens is 378 g/mol. The van der Waals surface area contributed by atoms with Crippen molar-refractivity contribution in [1.29, 1.82) is 0 Å². The third-order valence-corrected chi connectivity index (χ3v) is 4.95. The van der Waals surface area contributed by atoms with E-state index in [1.165, 1.54) is 11.1 Å². The lowest BCUT2D eigenvalue weighted by Gasteiger charge is -2.07. The first kappa shape index (κ1) is 20.1. The van der Waals surface area contributed by atoms with Crippen LogP contribution in [0.2, 0.25) is 5.02 Å². The lowest BCUT2D eigenvalue weighted by atomic mass is 10.0. The summed E-state index contributed by atoms with van der Waals surface area (Å²) < 4.78 is 4.95. The van der Waals surface area contributed by atoms with E-state index in [2.05, 4.69) is 5.32 Å². The SMILES string of the molecule is O=C(COC(=O)CCC(=O)c1ccc2c(c1)CCC2)NCc1cccc(Cl)c1. The van der Waals surface area contributed by atoms with Gasteiger partial charge >= 0.3 is 5.97 Å². The molecule has 6 heteroatoms. The molecule has 1 aliphatic rings. The van der Waals surface area contributed by atoms with Crippen LogP contribution in [0.5, 0.6) is 0 Å². The highest BCUT2D eigenvalue weighted by molar-refractivity contribution is 6.30. The number of hydrogen-bond donors (Lipinski definition) is 1. The standard InChI is InChI=1S/C22H22ClNO4/c23-19-6-1-3-15(11-19)13-24-21(26)14-28-22(27)10-9-20(25)18-8-7-16-4-2-5-17(16)12-18/h1,3,6-8,11-12H,2,4-5,9-10,13-14H2,(H,24,26). The van der Waals surface area contributed by atoms with E-state index in [0.29, 0.717) is 17.1 Å². The summed E-state index contributed by atoms with van der Waals surface area (Å²) in [5.74, 6) is -1.05. The first-order chi connectivity index (χ1) is 13.5. The fourth-order valence-corrected chi connectivity index (χ4v) is 3.43. The molecule has 0 fully saturated rings. The van der Waals surface area contributed by atoms with Crippen molar-refractivity contribution >= 4 is 29.3 Å². The van der Waals surface area contributed by atoms with E-state index in [-0.39, 0.29) is 25.2 Å². The van der Waals surface area contributed by atoms with Crippen LogP contribution < -0.4 is 5.32 Å². The second-order valence-corrected chi connectivity index (χ2v) is 7.26. The molecule has 1 aliphatic carbocycles. The number of ether oxygens (including phenoxy) is 1. The normalized spacial score (nSPS) is 12.3. The van der Waals surface area contributed by atoms with Crippen molar-refractivity contribution in [3.8, 4) is 0 Å². The number of rotatable bonds is 8. The van der Waals surface area contributed by atoms with E-state index in [1.807, 2.05) is 24.3 Å². The highest BCUT2D eigenvalue weighted by atomic mass is 35.5. The van der Waals surface area contributed by atoms with E-state index < -0.39 is 11.9 Å². The van der Waals surface area contributed by atoms with E-state index in [0.717, 1.165) is 24.8 Å². The molecular formula is C22H22ClNO4. The van der Waals surface area contributed by atoms with Crippen molar-refractivity contribution < 1.29 is 19.1 Å². The lowest BCUT2D eigenvalue weighted by Crippen LogP contribution is -2.28. The molecule has 5 nitrogen and oxygen atoms in total. The van der Waals surface area contributed by atoms with Gasteiger partial charge in [0.25, 0.3) is 5.91 Å². The minimum Gasteiger partial charge on any atom is -0.456 e. The number of ketones is 1. The zero-order valence-corrected chi connectivity index (χ0v) is 16.3. The predicted octanol–water partition coefficient (Wildman–Crippen LogP) is 3.65. The predicted molar refractivity (Wildman–Crippen MR) is 106 cm³/mol. The molecule has 0 bridgehead atoms. The number of halogens is 1. The topological polar surface area (TPSA) is 72.5 Å². The van der Waals surface area contributed by atoms with Gasteiger partial charge in [0.15, 0.2) is 12.4 Å². The second-order valence-electron chi connectivity index (χ2n) is 6.83. The number of aryl methyl sites for hydroxylation is 2. The highest BCUT2D eigenvalue weighted by Gasteiger charge is 2.15. The smallest absolute Gasteiger partial charge is 0.306 e. The van der Waals surface area contributed by atoms with Gasteiger partial charge in [0.2, 0.25) is 0 Å². The van der Waals surface area contributed by atoms with Gasteiger partial charge in [0.05, 0.1) is 6.42 Å². The number of nitrogens with one attached hydrogen (secondary N) is 1. The minimum absolute atomic E-state index is 0.0442. The first-order valence-electron chi connectivity index (χ1n) is 9.33. The third-order valence-electron chi connectivity index (χ3n) is 4.72. The molecule has 0 saturated heterocycles. The molecule has 0 heterocycles. The summed E-state index contributed by atoms with van der Waals surface area (Å²) >= 11 is 5.89. The van der Waals surface area contributed by atoms with Gasteiger partial charge in [-0.05, 0) is 54.2 Å². The fraction of sp³-hybridized carbons (Fsp3) is 0.318. The molecule has 1 N–H and O–H groups in total. The van der Waals surface area contributed by atoms with E-state index in [1.54, 1.807) is 18.2 Å². The van der Waals surface area contributed by atoms with Crippen molar-refractivity contribution in [3.05, 3.63) is 69.7 Å².